The quantitative estimate of drug-likeness (QED) is 0.351. The van der Waals surface area contributed by atoms with Crippen molar-refractivity contribution in [3.63, 3.8) is 0 Å². The molecule has 0 aliphatic carbocycles. The number of rotatable bonds is 7. The van der Waals surface area contributed by atoms with Crippen molar-refractivity contribution in [1.82, 2.24) is 9.97 Å². The first-order valence-corrected chi connectivity index (χ1v) is 9.48. The van der Waals surface area contributed by atoms with E-state index in [-0.39, 0.29) is 11.7 Å². The fourth-order valence-electron chi connectivity index (χ4n) is 2.49. The molecule has 0 aliphatic heterocycles. The van der Waals surface area contributed by atoms with Gasteiger partial charge in [0.2, 0.25) is 0 Å². The van der Waals surface area contributed by atoms with Gasteiger partial charge in [-0.15, -0.1) is 0 Å². The molecule has 0 amide bonds. The number of benzene rings is 2. The van der Waals surface area contributed by atoms with Crippen LogP contribution in [0.1, 0.15) is 13.8 Å². The number of fused-ring (bicyclic) bond motifs is 1. The Morgan fingerprint density at radius 3 is 2.58 bits per heavy atom. The number of thioether (sulfide) groups is 1. The van der Waals surface area contributed by atoms with Gasteiger partial charge in [0, 0.05) is 10.9 Å². The highest BCUT2D eigenvalue weighted by Crippen LogP contribution is 2.31. The van der Waals surface area contributed by atoms with Crippen LogP contribution in [-0.4, -0.2) is 34.9 Å². The van der Waals surface area contributed by atoms with E-state index in [2.05, 4.69) is 4.98 Å². The number of ether oxygens (including phenoxy) is 2. The lowest BCUT2D eigenvalue weighted by Gasteiger charge is -2.10. The third-order valence-corrected chi connectivity index (χ3v) is 4.57. The summed E-state index contributed by atoms with van der Waals surface area (Å²) >= 11 is 1.35. The van der Waals surface area contributed by atoms with Gasteiger partial charge in [-0.25, -0.2) is 9.97 Å². The molecule has 0 saturated carbocycles. The van der Waals surface area contributed by atoms with Crippen molar-refractivity contribution in [2.75, 3.05) is 19.0 Å². The Morgan fingerprint density at radius 2 is 1.85 bits per heavy atom. The van der Waals surface area contributed by atoms with Crippen molar-refractivity contribution in [2.24, 2.45) is 0 Å². The third-order valence-electron chi connectivity index (χ3n) is 3.61. The van der Waals surface area contributed by atoms with Crippen molar-refractivity contribution < 1.29 is 14.3 Å². The van der Waals surface area contributed by atoms with Gasteiger partial charge in [0.05, 0.1) is 24.5 Å². The average Bonchev–Trinajstić information content (AvgIpc) is 2.67. The molecular weight excluding hydrogens is 348 g/mol. The van der Waals surface area contributed by atoms with Crippen molar-refractivity contribution in [1.29, 1.82) is 0 Å². The van der Waals surface area contributed by atoms with Gasteiger partial charge in [-0.3, -0.25) is 4.79 Å². The molecule has 0 aliphatic rings. The monoisotopic (exact) mass is 368 g/mol. The number of hydrogen-bond acceptors (Lipinski definition) is 6. The smallest absolute Gasteiger partial charge is 0.316 e. The highest BCUT2D eigenvalue weighted by Gasteiger charge is 2.13. The molecule has 26 heavy (non-hydrogen) atoms. The van der Waals surface area contributed by atoms with Crippen molar-refractivity contribution in [3.05, 3.63) is 48.5 Å². The van der Waals surface area contributed by atoms with Gasteiger partial charge < -0.3 is 9.47 Å². The summed E-state index contributed by atoms with van der Waals surface area (Å²) in [4.78, 5) is 21.1. The number of esters is 1. The molecule has 2 aromatic carbocycles. The van der Waals surface area contributed by atoms with E-state index < -0.39 is 0 Å². The molecule has 0 spiro atoms. The summed E-state index contributed by atoms with van der Waals surface area (Å²) < 4.78 is 10.6. The number of hydrogen-bond donors (Lipinski definition) is 0. The van der Waals surface area contributed by atoms with Gasteiger partial charge in [0.1, 0.15) is 10.8 Å². The van der Waals surface area contributed by atoms with Gasteiger partial charge in [-0.1, -0.05) is 42.1 Å². The minimum Gasteiger partial charge on any atom is -0.494 e. The van der Waals surface area contributed by atoms with E-state index in [9.17, 15) is 4.79 Å². The Morgan fingerprint density at radius 1 is 1.04 bits per heavy atom. The Bertz CT molecular complexity index is 900. The molecule has 0 saturated heterocycles. The topological polar surface area (TPSA) is 61.3 Å². The maximum atomic E-state index is 11.8. The van der Waals surface area contributed by atoms with Crippen LogP contribution in [0.15, 0.2) is 53.6 Å². The van der Waals surface area contributed by atoms with Gasteiger partial charge in [0.25, 0.3) is 0 Å². The lowest BCUT2D eigenvalue weighted by molar-refractivity contribution is -0.139. The summed E-state index contributed by atoms with van der Waals surface area (Å²) in [5.41, 5.74) is 1.75. The SMILES string of the molecule is CCOC(=O)CSc1nc(-c2ccccc2)nc2ccc(OCC)cc12. The average molecular weight is 368 g/mol. The molecule has 0 unspecified atom stereocenters. The molecule has 0 fully saturated rings. The van der Waals surface area contributed by atoms with Crippen LogP contribution >= 0.6 is 11.8 Å². The van der Waals surface area contributed by atoms with Crippen LogP contribution in [0.3, 0.4) is 0 Å². The molecule has 6 heteroatoms. The number of carbonyl (C=O) groups excluding carboxylic acids is 1. The molecular formula is C20H20N2O3S. The van der Waals surface area contributed by atoms with Gasteiger partial charge in [-0.2, -0.15) is 0 Å². The van der Waals surface area contributed by atoms with Gasteiger partial charge in [0.15, 0.2) is 5.82 Å². The van der Waals surface area contributed by atoms with Crippen molar-refractivity contribution in [2.45, 2.75) is 18.9 Å². The van der Waals surface area contributed by atoms with Crippen molar-refractivity contribution in [3.8, 4) is 17.1 Å². The molecule has 1 aromatic heterocycles. The first kappa shape index (κ1) is 18.2. The van der Waals surface area contributed by atoms with Crippen LogP contribution in [0.5, 0.6) is 5.75 Å². The molecule has 3 rings (SSSR count). The minimum absolute atomic E-state index is 0.201. The molecule has 0 atom stereocenters. The van der Waals surface area contributed by atoms with Crippen LogP contribution in [0.25, 0.3) is 22.3 Å². The highest BCUT2D eigenvalue weighted by atomic mass is 32.2. The summed E-state index contributed by atoms with van der Waals surface area (Å²) in [5.74, 6) is 1.33. The first-order valence-electron chi connectivity index (χ1n) is 8.49. The van der Waals surface area contributed by atoms with Crippen molar-refractivity contribution >= 4 is 28.6 Å². The largest absolute Gasteiger partial charge is 0.494 e. The summed E-state index contributed by atoms with van der Waals surface area (Å²) in [7, 11) is 0. The molecule has 3 aromatic rings. The molecule has 134 valence electrons. The van der Waals surface area contributed by atoms with E-state index in [0.717, 1.165) is 27.2 Å². The van der Waals surface area contributed by atoms with Crippen LogP contribution in [-0.2, 0) is 9.53 Å². The summed E-state index contributed by atoms with van der Waals surface area (Å²) in [6.07, 6.45) is 0. The van der Waals surface area contributed by atoms with Crippen LogP contribution in [0.2, 0.25) is 0 Å². The molecule has 0 N–H and O–H groups in total. The molecule has 1 heterocycles. The Balaban J connectivity index is 2.03. The second-order valence-corrected chi connectivity index (χ2v) is 6.39. The Labute approximate surface area is 156 Å². The number of nitrogens with zero attached hydrogens (tertiary/aromatic N) is 2. The number of aromatic nitrogens is 2. The molecule has 0 radical (unpaired) electrons. The van der Waals surface area contributed by atoms with Gasteiger partial charge in [-0.05, 0) is 32.0 Å². The van der Waals surface area contributed by atoms with E-state index in [1.54, 1.807) is 6.92 Å². The Kier molecular flexibility index (Phi) is 6.07. The zero-order valence-electron chi connectivity index (χ0n) is 14.8. The maximum Gasteiger partial charge on any atom is 0.316 e. The fraction of sp³-hybridized carbons (Fsp3) is 0.250. The van der Waals surface area contributed by atoms with Gasteiger partial charge >= 0.3 is 5.97 Å². The minimum atomic E-state index is -0.258. The van der Waals surface area contributed by atoms with Crippen LogP contribution < -0.4 is 4.74 Å². The zero-order chi connectivity index (χ0) is 18.4. The first-order chi connectivity index (χ1) is 12.7. The van der Waals surface area contributed by atoms with E-state index in [1.807, 2.05) is 55.5 Å². The lowest BCUT2D eigenvalue weighted by atomic mass is 10.2. The second kappa shape index (κ2) is 8.67. The highest BCUT2D eigenvalue weighted by molar-refractivity contribution is 8.00. The third kappa shape index (κ3) is 4.32. The summed E-state index contributed by atoms with van der Waals surface area (Å²) in [5, 5.41) is 1.60. The van der Waals surface area contributed by atoms with Crippen LogP contribution in [0.4, 0.5) is 0 Å². The standard InChI is InChI=1S/C20H20N2O3S/c1-3-24-15-10-11-17-16(12-15)20(26-13-18(23)25-4-2)22-19(21-17)14-8-6-5-7-9-14/h5-12H,3-4,13H2,1-2H3. The van der Waals surface area contributed by atoms with E-state index >= 15 is 0 Å². The number of carbonyl (C=O) groups is 1. The summed E-state index contributed by atoms with van der Waals surface area (Å²) in [6, 6.07) is 15.5. The lowest BCUT2D eigenvalue weighted by Crippen LogP contribution is -2.07. The summed E-state index contributed by atoms with van der Waals surface area (Å²) in [6.45, 7) is 4.69. The fourth-order valence-corrected chi connectivity index (χ4v) is 3.30. The maximum absolute atomic E-state index is 11.8. The van der Waals surface area contributed by atoms with Crippen LogP contribution in [0, 0.1) is 0 Å². The predicted molar refractivity (Wildman–Crippen MR) is 104 cm³/mol. The van der Waals surface area contributed by atoms with E-state index in [1.165, 1.54) is 11.8 Å². The molecule has 0 bridgehead atoms. The second-order valence-electron chi connectivity index (χ2n) is 5.42. The zero-order valence-corrected chi connectivity index (χ0v) is 15.6. The predicted octanol–water partition coefficient (Wildman–Crippen LogP) is 4.35. The van der Waals surface area contributed by atoms with E-state index in [4.69, 9.17) is 14.5 Å². The van der Waals surface area contributed by atoms with E-state index in [0.29, 0.717) is 19.0 Å². The molecule has 5 nitrogen and oxygen atoms in total. The Hall–Kier alpha value is -2.60. The normalized spacial score (nSPS) is 10.7.